The first-order valence-corrected chi connectivity index (χ1v) is 8.10. The molecule has 0 aliphatic carbocycles. The van der Waals surface area contributed by atoms with Gasteiger partial charge in [0.15, 0.2) is 17.2 Å². The van der Waals surface area contributed by atoms with Crippen LogP contribution in [0.1, 0.15) is 17.5 Å². The summed E-state index contributed by atoms with van der Waals surface area (Å²) in [6.45, 7) is -0.383. The molecule has 1 aromatic carbocycles. The maximum absolute atomic E-state index is 14.3. The summed E-state index contributed by atoms with van der Waals surface area (Å²) in [5.41, 5.74) is -0.644. The first kappa shape index (κ1) is 17.4. The minimum atomic E-state index is -1.57. The number of hydrogen-bond donors (Lipinski definition) is 1. The molecule has 140 valence electrons. The molecule has 4 rings (SSSR count). The minimum absolute atomic E-state index is 0.0530. The van der Waals surface area contributed by atoms with E-state index in [0.717, 1.165) is 0 Å². The highest BCUT2D eigenvalue weighted by Gasteiger charge is 2.40. The van der Waals surface area contributed by atoms with Crippen molar-refractivity contribution >= 4 is 0 Å². The van der Waals surface area contributed by atoms with Gasteiger partial charge in [-0.25, -0.2) is 13.5 Å². The van der Waals surface area contributed by atoms with E-state index in [1.165, 1.54) is 41.6 Å². The Morgan fingerprint density at radius 3 is 2.81 bits per heavy atom. The predicted octanol–water partition coefficient (Wildman–Crippen LogP) is 1.40. The van der Waals surface area contributed by atoms with E-state index in [1.54, 1.807) is 6.07 Å². The van der Waals surface area contributed by atoms with E-state index >= 15 is 0 Å². The Morgan fingerprint density at radius 2 is 2.15 bits per heavy atom. The maximum atomic E-state index is 14.3. The standard InChI is InChI=1S/C17H15F2N5O3/c18-12-5-11(1-2-15(12)27-10-17(19)8-26-9-17)24-7-14(22-23-24)16(25)13-6-20-3-4-21-13/h1-7,16,25H,8-10H2. The molecule has 0 radical (unpaired) electrons. The van der Waals surface area contributed by atoms with E-state index in [-0.39, 0.29) is 31.3 Å². The van der Waals surface area contributed by atoms with Crippen LogP contribution in [0, 0.1) is 5.82 Å². The Balaban J connectivity index is 1.49. The third kappa shape index (κ3) is 3.62. The summed E-state index contributed by atoms with van der Waals surface area (Å²) < 4.78 is 39.4. The summed E-state index contributed by atoms with van der Waals surface area (Å²) in [5.74, 6) is -0.731. The lowest BCUT2D eigenvalue weighted by Gasteiger charge is -2.33. The number of nitrogens with zero attached hydrogens (tertiary/aromatic N) is 5. The average molecular weight is 375 g/mol. The zero-order valence-electron chi connectivity index (χ0n) is 14.0. The van der Waals surface area contributed by atoms with E-state index in [1.807, 2.05) is 0 Å². The largest absolute Gasteiger partial charge is 0.487 e. The Bertz CT molecular complexity index is 933. The lowest BCUT2D eigenvalue weighted by molar-refractivity contribution is -0.146. The number of benzene rings is 1. The fourth-order valence-electron chi connectivity index (χ4n) is 2.49. The molecule has 1 aliphatic rings. The predicted molar refractivity (Wildman–Crippen MR) is 87.6 cm³/mol. The van der Waals surface area contributed by atoms with Crippen LogP contribution in [0.5, 0.6) is 5.75 Å². The molecule has 0 bridgehead atoms. The van der Waals surface area contributed by atoms with Gasteiger partial charge in [0.05, 0.1) is 37.0 Å². The van der Waals surface area contributed by atoms with Gasteiger partial charge in [-0.3, -0.25) is 9.97 Å². The van der Waals surface area contributed by atoms with E-state index in [9.17, 15) is 13.9 Å². The fourth-order valence-corrected chi connectivity index (χ4v) is 2.49. The van der Waals surface area contributed by atoms with Crippen LogP contribution in [-0.4, -0.2) is 55.6 Å². The quantitative estimate of drug-likeness (QED) is 0.696. The molecule has 0 saturated carbocycles. The molecule has 1 unspecified atom stereocenters. The number of hydrogen-bond acceptors (Lipinski definition) is 7. The molecule has 10 heteroatoms. The van der Waals surface area contributed by atoms with Crippen LogP contribution in [-0.2, 0) is 4.74 Å². The molecule has 0 amide bonds. The number of aliphatic hydroxyl groups excluding tert-OH is 1. The molecular weight excluding hydrogens is 360 g/mol. The van der Waals surface area contributed by atoms with Crippen LogP contribution in [0.25, 0.3) is 5.69 Å². The van der Waals surface area contributed by atoms with Crippen LogP contribution < -0.4 is 4.74 Å². The van der Waals surface area contributed by atoms with Crippen molar-refractivity contribution < 1.29 is 23.4 Å². The van der Waals surface area contributed by atoms with Crippen molar-refractivity contribution in [1.29, 1.82) is 0 Å². The molecule has 27 heavy (non-hydrogen) atoms. The molecule has 1 N–H and O–H groups in total. The third-order valence-corrected chi connectivity index (χ3v) is 4.04. The molecule has 1 saturated heterocycles. The second kappa shape index (κ2) is 6.97. The third-order valence-electron chi connectivity index (χ3n) is 4.04. The summed E-state index contributed by atoms with van der Waals surface area (Å²) in [4.78, 5) is 7.90. The van der Waals surface area contributed by atoms with Crippen molar-refractivity contribution in [1.82, 2.24) is 25.0 Å². The maximum Gasteiger partial charge on any atom is 0.190 e. The van der Waals surface area contributed by atoms with Crippen molar-refractivity contribution in [2.24, 2.45) is 0 Å². The molecule has 0 spiro atoms. The van der Waals surface area contributed by atoms with Gasteiger partial charge in [-0.1, -0.05) is 5.21 Å². The lowest BCUT2D eigenvalue weighted by atomic mass is 10.1. The molecule has 3 heterocycles. The van der Waals surface area contributed by atoms with E-state index in [0.29, 0.717) is 11.4 Å². The van der Waals surface area contributed by atoms with Crippen molar-refractivity contribution in [2.75, 3.05) is 19.8 Å². The molecule has 3 aromatic rings. The summed E-state index contributed by atoms with van der Waals surface area (Å²) >= 11 is 0. The van der Waals surface area contributed by atoms with Crippen LogP contribution in [0.3, 0.4) is 0 Å². The van der Waals surface area contributed by atoms with Crippen molar-refractivity contribution in [3.05, 3.63) is 60.2 Å². The smallest absolute Gasteiger partial charge is 0.190 e. The molecule has 1 aliphatic heterocycles. The van der Waals surface area contributed by atoms with Gasteiger partial charge in [0, 0.05) is 18.5 Å². The van der Waals surface area contributed by atoms with Gasteiger partial charge in [-0.15, -0.1) is 5.10 Å². The fraction of sp³-hybridized carbons (Fsp3) is 0.294. The molecule has 1 fully saturated rings. The SMILES string of the molecule is OC(c1cnccn1)c1cn(-c2ccc(OCC3(F)COC3)c(F)c2)nn1. The molecular formula is C17H15F2N5O3. The van der Waals surface area contributed by atoms with Crippen LogP contribution in [0.2, 0.25) is 0 Å². The van der Waals surface area contributed by atoms with Gasteiger partial charge in [0.25, 0.3) is 0 Å². The molecule has 1 atom stereocenters. The number of alkyl halides is 1. The van der Waals surface area contributed by atoms with Crippen molar-refractivity contribution in [3.8, 4) is 11.4 Å². The Morgan fingerprint density at radius 1 is 1.30 bits per heavy atom. The Kier molecular flexibility index (Phi) is 4.50. The first-order chi connectivity index (χ1) is 13.0. The zero-order valence-corrected chi connectivity index (χ0v) is 14.0. The van der Waals surface area contributed by atoms with Crippen LogP contribution >= 0.6 is 0 Å². The summed E-state index contributed by atoms with van der Waals surface area (Å²) in [5, 5.41) is 18.0. The number of aromatic nitrogens is 5. The first-order valence-electron chi connectivity index (χ1n) is 8.10. The highest BCUT2D eigenvalue weighted by atomic mass is 19.1. The number of aliphatic hydroxyl groups is 1. The summed E-state index contributed by atoms with van der Waals surface area (Å²) in [6.07, 6.45) is 4.71. The Labute approximate surface area is 152 Å². The molecule has 8 nitrogen and oxygen atoms in total. The van der Waals surface area contributed by atoms with E-state index < -0.39 is 17.6 Å². The summed E-state index contributed by atoms with van der Waals surface area (Å²) in [7, 11) is 0. The van der Waals surface area contributed by atoms with Crippen LogP contribution in [0.15, 0.2) is 43.0 Å². The van der Waals surface area contributed by atoms with Gasteiger partial charge in [-0.2, -0.15) is 0 Å². The zero-order chi connectivity index (χ0) is 18.9. The van der Waals surface area contributed by atoms with Gasteiger partial charge in [-0.05, 0) is 12.1 Å². The van der Waals surface area contributed by atoms with Gasteiger partial charge < -0.3 is 14.6 Å². The monoisotopic (exact) mass is 375 g/mol. The van der Waals surface area contributed by atoms with E-state index in [2.05, 4.69) is 20.3 Å². The van der Waals surface area contributed by atoms with Crippen molar-refractivity contribution in [3.63, 3.8) is 0 Å². The van der Waals surface area contributed by atoms with Gasteiger partial charge in [0.1, 0.15) is 18.4 Å². The second-order valence-corrected chi connectivity index (χ2v) is 6.17. The van der Waals surface area contributed by atoms with Gasteiger partial charge >= 0.3 is 0 Å². The topological polar surface area (TPSA) is 95.2 Å². The molecule has 2 aromatic heterocycles. The lowest BCUT2D eigenvalue weighted by Crippen LogP contribution is -2.50. The second-order valence-electron chi connectivity index (χ2n) is 6.17. The highest BCUT2D eigenvalue weighted by Crippen LogP contribution is 2.26. The van der Waals surface area contributed by atoms with Crippen LogP contribution in [0.4, 0.5) is 8.78 Å². The number of ether oxygens (including phenoxy) is 2. The van der Waals surface area contributed by atoms with Gasteiger partial charge in [0.2, 0.25) is 0 Å². The summed E-state index contributed by atoms with van der Waals surface area (Å²) in [6, 6.07) is 4.12. The van der Waals surface area contributed by atoms with Crippen molar-refractivity contribution in [2.45, 2.75) is 11.8 Å². The highest BCUT2D eigenvalue weighted by molar-refractivity contribution is 5.38. The number of halogens is 2. The average Bonchev–Trinajstić information content (AvgIpc) is 3.16. The normalized spacial score (nSPS) is 16.6. The Hall–Kier alpha value is -2.98. The minimum Gasteiger partial charge on any atom is -0.487 e. The van der Waals surface area contributed by atoms with E-state index in [4.69, 9.17) is 9.47 Å². The number of rotatable bonds is 6.